The highest BCUT2D eigenvalue weighted by atomic mass is 19.1. The van der Waals surface area contributed by atoms with Gasteiger partial charge in [0.05, 0.1) is 10.9 Å². The molecule has 1 aromatic carbocycles. The minimum Gasteiger partial charge on any atom is -0.477 e. The van der Waals surface area contributed by atoms with E-state index in [1.54, 1.807) is 4.90 Å². The monoisotopic (exact) mass is 389 g/mol. The first kappa shape index (κ1) is 17.6. The summed E-state index contributed by atoms with van der Waals surface area (Å²) in [7, 11) is 0. The third-order valence-corrected chi connectivity index (χ3v) is 6.19. The van der Waals surface area contributed by atoms with Gasteiger partial charge in [0.25, 0.3) is 0 Å². The van der Waals surface area contributed by atoms with E-state index < -0.39 is 28.6 Å². The van der Waals surface area contributed by atoms with Gasteiger partial charge < -0.3 is 14.6 Å². The largest absolute Gasteiger partial charge is 0.477 e. The van der Waals surface area contributed by atoms with E-state index in [0.29, 0.717) is 19.1 Å². The summed E-state index contributed by atoms with van der Waals surface area (Å²) < 4.78 is 31.8. The minimum absolute atomic E-state index is 0.0125. The van der Waals surface area contributed by atoms with Crippen molar-refractivity contribution in [2.24, 2.45) is 0 Å². The Morgan fingerprint density at radius 1 is 1.11 bits per heavy atom. The smallest absolute Gasteiger partial charge is 0.341 e. The number of halogens is 2. The molecule has 2 aliphatic heterocycles. The predicted octanol–water partition coefficient (Wildman–Crippen LogP) is 2.60. The van der Waals surface area contributed by atoms with Crippen LogP contribution in [0.3, 0.4) is 0 Å². The fourth-order valence-electron chi connectivity index (χ4n) is 4.49. The highest BCUT2D eigenvalue weighted by Gasteiger charge is 2.37. The first-order valence-corrected chi connectivity index (χ1v) is 9.75. The van der Waals surface area contributed by atoms with Gasteiger partial charge in [-0.15, -0.1) is 0 Å². The van der Waals surface area contributed by atoms with Gasteiger partial charge in [-0.2, -0.15) is 0 Å². The van der Waals surface area contributed by atoms with E-state index in [9.17, 15) is 19.1 Å². The lowest BCUT2D eigenvalue weighted by Crippen LogP contribution is -2.59. The summed E-state index contributed by atoms with van der Waals surface area (Å²) in [4.78, 5) is 28.0. The summed E-state index contributed by atoms with van der Waals surface area (Å²) in [5.41, 5.74) is -1.40. The summed E-state index contributed by atoms with van der Waals surface area (Å²) >= 11 is 0. The van der Waals surface area contributed by atoms with E-state index in [0.717, 1.165) is 44.8 Å². The number of benzene rings is 1. The number of carboxylic acid groups (broad SMARTS) is 1. The van der Waals surface area contributed by atoms with Crippen LogP contribution in [0, 0.1) is 11.6 Å². The molecule has 5 rings (SSSR count). The van der Waals surface area contributed by atoms with Gasteiger partial charge in [-0.3, -0.25) is 9.69 Å². The first-order valence-electron chi connectivity index (χ1n) is 9.75. The number of hydrogen-bond donors (Lipinski definition) is 1. The van der Waals surface area contributed by atoms with Crippen LogP contribution in [-0.4, -0.2) is 52.8 Å². The molecule has 3 fully saturated rings. The van der Waals surface area contributed by atoms with Crippen LogP contribution in [0.15, 0.2) is 17.1 Å². The maximum atomic E-state index is 15.5. The second-order valence-corrected chi connectivity index (χ2v) is 8.03. The number of hydrogen-bond acceptors (Lipinski definition) is 4. The molecule has 1 saturated carbocycles. The average molecular weight is 389 g/mol. The summed E-state index contributed by atoms with van der Waals surface area (Å²) in [6.07, 6.45) is 5.09. The van der Waals surface area contributed by atoms with E-state index in [-0.39, 0.29) is 22.6 Å². The number of aromatic nitrogens is 1. The summed E-state index contributed by atoms with van der Waals surface area (Å²) in [6.45, 7) is 3.17. The Hall–Kier alpha value is -2.48. The van der Waals surface area contributed by atoms with Gasteiger partial charge in [-0.25, -0.2) is 13.6 Å². The zero-order chi connectivity index (χ0) is 19.6. The number of pyridine rings is 1. The number of anilines is 1. The van der Waals surface area contributed by atoms with Crippen molar-refractivity contribution in [3.8, 4) is 0 Å². The normalized spacial score (nSPS) is 20.7. The summed E-state index contributed by atoms with van der Waals surface area (Å²) in [5.74, 6) is -2.97. The molecule has 0 atom stereocenters. The number of carbonyl (C=O) groups is 1. The van der Waals surface area contributed by atoms with Gasteiger partial charge in [-0.1, -0.05) is 0 Å². The topological polar surface area (TPSA) is 65.8 Å². The Balaban J connectivity index is 1.60. The Morgan fingerprint density at radius 3 is 2.39 bits per heavy atom. The van der Waals surface area contributed by atoms with Crippen molar-refractivity contribution in [3.05, 3.63) is 39.7 Å². The van der Waals surface area contributed by atoms with Gasteiger partial charge in [0, 0.05) is 31.4 Å². The zero-order valence-corrected chi connectivity index (χ0v) is 15.3. The number of nitrogens with zero attached hydrogens (tertiary/aromatic N) is 3. The molecule has 0 radical (unpaired) electrons. The van der Waals surface area contributed by atoms with Crippen LogP contribution >= 0.6 is 0 Å². The molecule has 3 heterocycles. The Labute approximate surface area is 160 Å². The van der Waals surface area contributed by atoms with E-state index in [2.05, 4.69) is 4.90 Å². The second-order valence-electron chi connectivity index (χ2n) is 8.03. The lowest BCUT2D eigenvalue weighted by molar-refractivity contribution is 0.0695. The lowest BCUT2D eigenvalue weighted by Gasteiger charge is -2.45. The maximum absolute atomic E-state index is 15.5. The number of rotatable bonds is 4. The number of carboxylic acids is 1. The number of aromatic carboxylic acids is 1. The molecule has 3 aliphatic rings. The van der Waals surface area contributed by atoms with E-state index in [4.69, 9.17) is 0 Å². The van der Waals surface area contributed by atoms with Gasteiger partial charge in [0.15, 0.2) is 5.82 Å². The van der Waals surface area contributed by atoms with Crippen LogP contribution in [-0.2, 0) is 0 Å². The Kier molecular flexibility index (Phi) is 3.94. The predicted molar refractivity (Wildman–Crippen MR) is 100 cm³/mol. The fourth-order valence-corrected chi connectivity index (χ4v) is 4.49. The highest BCUT2D eigenvalue weighted by Crippen LogP contribution is 2.40. The van der Waals surface area contributed by atoms with Crippen molar-refractivity contribution in [2.45, 2.75) is 37.8 Å². The third-order valence-electron chi connectivity index (χ3n) is 6.19. The molecule has 8 heteroatoms. The highest BCUT2D eigenvalue weighted by molar-refractivity contribution is 5.94. The van der Waals surface area contributed by atoms with Crippen LogP contribution in [0.25, 0.3) is 10.9 Å². The second kappa shape index (κ2) is 6.27. The number of fused-ring (bicyclic) bond motifs is 1. The van der Waals surface area contributed by atoms with Crippen LogP contribution in [0.4, 0.5) is 14.5 Å². The van der Waals surface area contributed by atoms with Gasteiger partial charge in [-0.05, 0) is 44.8 Å². The van der Waals surface area contributed by atoms with E-state index in [1.165, 1.54) is 10.8 Å². The standard InChI is InChI=1S/C20H21F2N3O3/c21-15-7-13-17(25(11-3-4-11)10-14(19(13)26)20(27)28)16(22)18(15)24-8-12(9-24)23-5-1-2-6-23/h7,10-12H,1-6,8-9H2,(H,27,28). The molecule has 2 saturated heterocycles. The SMILES string of the molecule is O=C(O)c1cn(C2CC2)c2c(F)c(N3CC(N4CCCC4)C3)c(F)cc2c1=O. The van der Waals surface area contributed by atoms with E-state index in [1.807, 2.05) is 0 Å². The Morgan fingerprint density at radius 2 is 1.79 bits per heavy atom. The average Bonchev–Trinajstić information content (AvgIpc) is 3.32. The van der Waals surface area contributed by atoms with Gasteiger partial charge in [0.2, 0.25) is 5.43 Å². The van der Waals surface area contributed by atoms with Crippen LogP contribution in [0.5, 0.6) is 0 Å². The molecule has 1 aromatic heterocycles. The maximum Gasteiger partial charge on any atom is 0.341 e. The first-order chi connectivity index (χ1) is 13.5. The van der Waals surface area contributed by atoms with E-state index >= 15 is 4.39 Å². The quantitative estimate of drug-likeness (QED) is 0.871. The summed E-state index contributed by atoms with van der Waals surface area (Å²) in [5, 5.41) is 9.09. The molecule has 2 aromatic rings. The molecule has 148 valence electrons. The molecule has 0 bridgehead atoms. The molecule has 6 nitrogen and oxygen atoms in total. The lowest BCUT2D eigenvalue weighted by atomic mass is 10.0. The zero-order valence-electron chi connectivity index (χ0n) is 15.3. The van der Waals surface area contributed by atoms with Gasteiger partial charge in [0.1, 0.15) is 17.1 Å². The fraction of sp³-hybridized carbons (Fsp3) is 0.500. The third kappa shape index (κ3) is 2.62. The van der Waals surface area contributed by atoms with Crippen molar-refractivity contribution in [1.82, 2.24) is 9.47 Å². The Bertz CT molecular complexity index is 1040. The van der Waals surface area contributed by atoms with Gasteiger partial charge >= 0.3 is 5.97 Å². The van der Waals surface area contributed by atoms with Crippen molar-refractivity contribution < 1.29 is 18.7 Å². The molecular weight excluding hydrogens is 368 g/mol. The molecule has 0 amide bonds. The van der Waals surface area contributed by atoms with Crippen LogP contribution in [0.1, 0.15) is 42.1 Å². The van der Waals surface area contributed by atoms with Crippen LogP contribution in [0.2, 0.25) is 0 Å². The van der Waals surface area contributed by atoms with Crippen molar-refractivity contribution in [3.63, 3.8) is 0 Å². The molecule has 1 aliphatic carbocycles. The minimum atomic E-state index is -1.39. The molecule has 0 unspecified atom stereocenters. The number of likely N-dealkylation sites (tertiary alicyclic amines) is 1. The molecule has 0 spiro atoms. The molecular formula is C20H21F2N3O3. The van der Waals surface area contributed by atoms with Crippen molar-refractivity contribution in [2.75, 3.05) is 31.1 Å². The van der Waals surface area contributed by atoms with Crippen molar-refractivity contribution in [1.29, 1.82) is 0 Å². The molecule has 1 N–H and O–H groups in total. The van der Waals surface area contributed by atoms with Crippen molar-refractivity contribution >= 4 is 22.6 Å². The van der Waals surface area contributed by atoms with Crippen LogP contribution < -0.4 is 10.3 Å². The summed E-state index contributed by atoms with van der Waals surface area (Å²) in [6, 6.07) is 1.25. The molecule has 28 heavy (non-hydrogen) atoms.